The number of ether oxygens (including phenoxy) is 1. The smallest absolute Gasteiger partial charge is 0.127 e. The van der Waals surface area contributed by atoms with Crippen LogP contribution in [0.15, 0.2) is 36.4 Å². The fourth-order valence-corrected chi connectivity index (χ4v) is 2.17. The Balaban J connectivity index is 2.23. The molecule has 96 valence electrons. The van der Waals surface area contributed by atoms with Gasteiger partial charge >= 0.3 is 0 Å². The Labute approximate surface area is 109 Å². The van der Waals surface area contributed by atoms with Crippen molar-refractivity contribution in [2.24, 2.45) is 5.73 Å². The molecule has 0 fully saturated rings. The van der Waals surface area contributed by atoms with Gasteiger partial charge in [-0.1, -0.05) is 50.1 Å². The molecule has 2 rings (SSSR count). The van der Waals surface area contributed by atoms with E-state index in [0.29, 0.717) is 6.54 Å². The van der Waals surface area contributed by atoms with Gasteiger partial charge in [0.25, 0.3) is 0 Å². The zero-order valence-electron chi connectivity index (χ0n) is 11.0. The van der Waals surface area contributed by atoms with Crippen LogP contribution in [0, 0.1) is 0 Å². The van der Waals surface area contributed by atoms with Crippen molar-refractivity contribution in [2.45, 2.75) is 32.7 Å². The first-order valence-corrected chi connectivity index (χ1v) is 6.70. The molecule has 18 heavy (non-hydrogen) atoms. The highest BCUT2D eigenvalue weighted by Crippen LogP contribution is 2.28. The second-order valence-corrected chi connectivity index (χ2v) is 4.53. The molecule has 0 unspecified atom stereocenters. The van der Waals surface area contributed by atoms with Gasteiger partial charge in [0.2, 0.25) is 0 Å². The van der Waals surface area contributed by atoms with E-state index in [0.717, 1.165) is 24.2 Å². The van der Waals surface area contributed by atoms with E-state index >= 15 is 0 Å². The van der Waals surface area contributed by atoms with Gasteiger partial charge < -0.3 is 10.5 Å². The Bertz CT molecular complexity index is 507. The van der Waals surface area contributed by atoms with Gasteiger partial charge in [-0.05, 0) is 23.4 Å². The van der Waals surface area contributed by atoms with E-state index < -0.39 is 0 Å². The molecule has 0 bridgehead atoms. The molecule has 0 saturated carbocycles. The predicted octanol–water partition coefficient (Wildman–Crippen LogP) is 3.87. The summed E-state index contributed by atoms with van der Waals surface area (Å²) >= 11 is 0. The van der Waals surface area contributed by atoms with E-state index in [2.05, 4.69) is 25.1 Å². The Morgan fingerprint density at radius 3 is 2.50 bits per heavy atom. The van der Waals surface area contributed by atoms with Crippen LogP contribution in [0.2, 0.25) is 0 Å². The summed E-state index contributed by atoms with van der Waals surface area (Å²) < 4.78 is 5.88. The van der Waals surface area contributed by atoms with Crippen LogP contribution in [0.1, 0.15) is 31.7 Å². The number of fused-ring (bicyclic) bond motifs is 1. The molecular formula is C16H21NO. The van der Waals surface area contributed by atoms with E-state index in [1.165, 1.54) is 23.8 Å². The van der Waals surface area contributed by atoms with E-state index in [4.69, 9.17) is 10.5 Å². The summed E-state index contributed by atoms with van der Waals surface area (Å²) in [7, 11) is 0. The van der Waals surface area contributed by atoms with Crippen molar-refractivity contribution in [3.8, 4) is 5.75 Å². The Morgan fingerprint density at radius 2 is 1.78 bits per heavy atom. The summed E-state index contributed by atoms with van der Waals surface area (Å²) in [6, 6.07) is 12.4. The van der Waals surface area contributed by atoms with Crippen LogP contribution in [0.4, 0.5) is 0 Å². The zero-order chi connectivity index (χ0) is 12.8. The van der Waals surface area contributed by atoms with Crippen molar-refractivity contribution in [3.05, 3.63) is 42.0 Å². The number of hydrogen-bond acceptors (Lipinski definition) is 2. The van der Waals surface area contributed by atoms with Crippen molar-refractivity contribution in [1.29, 1.82) is 0 Å². The lowest BCUT2D eigenvalue weighted by Crippen LogP contribution is -2.01. The molecule has 2 N–H and O–H groups in total. The summed E-state index contributed by atoms with van der Waals surface area (Å²) in [5, 5.41) is 2.37. The summed E-state index contributed by atoms with van der Waals surface area (Å²) in [4.78, 5) is 0. The molecule has 2 nitrogen and oxygen atoms in total. The molecule has 2 aromatic carbocycles. The van der Waals surface area contributed by atoms with Gasteiger partial charge in [0.05, 0.1) is 6.61 Å². The Kier molecular flexibility index (Phi) is 4.59. The highest BCUT2D eigenvalue weighted by atomic mass is 16.5. The third kappa shape index (κ3) is 2.82. The average Bonchev–Trinajstić information content (AvgIpc) is 2.43. The number of hydrogen-bond donors (Lipinski definition) is 1. The fraction of sp³-hybridized carbons (Fsp3) is 0.375. The van der Waals surface area contributed by atoms with Crippen LogP contribution in [0.25, 0.3) is 10.8 Å². The highest BCUT2D eigenvalue weighted by Gasteiger charge is 2.05. The lowest BCUT2D eigenvalue weighted by atomic mass is 10.0. The van der Waals surface area contributed by atoms with Crippen LogP contribution >= 0.6 is 0 Å². The van der Waals surface area contributed by atoms with Gasteiger partial charge in [-0.2, -0.15) is 0 Å². The minimum Gasteiger partial charge on any atom is -0.493 e. The second-order valence-electron chi connectivity index (χ2n) is 4.53. The zero-order valence-corrected chi connectivity index (χ0v) is 11.0. The van der Waals surface area contributed by atoms with Crippen molar-refractivity contribution in [3.63, 3.8) is 0 Å². The molecule has 0 aliphatic heterocycles. The van der Waals surface area contributed by atoms with Crippen molar-refractivity contribution >= 4 is 10.8 Å². The summed E-state index contributed by atoms with van der Waals surface area (Å²) in [5.74, 6) is 0.971. The molecule has 2 heteroatoms. The lowest BCUT2D eigenvalue weighted by Gasteiger charge is -2.11. The Morgan fingerprint density at radius 1 is 1.00 bits per heavy atom. The topological polar surface area (TPSA) is 35.2 Å². The molecule has 0 heterocycles. The third-order valence-electron chi connectivity index (χ3n) is 3.20. The second kappa shape index (κ2) is 6.41. The quantitative estimate of drug-likeness (QED) is 0.782. The van der Waals surface area contributed by atoms with E-state index in [-0.39, 0.29) is 0 Å². The van der Waals surface area contributed by atoms with Crippen LogP contribution in [0.3, 0.4) is 0 Å². The van der Waals surface area contributed by atoms with Crippen LogP contribution in [0.5, 0.6) is 5.75 Å². The predicted molar refractivity (Wildman–Crippen MR) is 76.9 cm³/mol. The largest absolute Gasteiger partial charge is 0.493 e. The Hall–Kier alpha value is -1.54. The maximum atomic E-state index is 5.88. The minimum atomic E-state index is 0.566. The normalized spacial score (nSPS) is 10.8. The molecule has 0 spiro atoms. The van der Waals surface area contributed by atoms with Gasteiger partial charge in [0.15, 0.2) is 0 Å². The van der Waals surface area contributed by atoms with Gasteiger partial charge in [-0.25, -0.2) is 0 Å². The van der Waals surface area contributed by atoms with Gasteiger partial charge in [-0.3, -0.25) is 0 Å². The number of rotatable bonds is 6. The van der Waals surface area contributed by atoms with Gasteiger partial charge in [0.1, 0.15) is 5.75 Å². The maximum Gasteiger partial charge on any atom is 0.127 e. The van der Waals surface area contributed by atoms with Gasteiger partial charge in [0, 0.05) is 11.9 Å². The van der Waals surface area contributed by atoms with Crippen molar-refractivity contribution in [2.75, 3.05) is 6.61 Å². The first-order chi connectivity index (χ1) is 8.86. The average molecular weight is 243 g/mol. The number of benzene rings is 2. The molecule has 0 aromatic heterocycles. The first-order valence-electron chi connectivity index (χ1n) is 6.70. The monoisotopic (exact) mass is 243 g/mol. The summed E-state index contributed by atoms with van der Waals surface area (Å²) in [5.41, 5.74) is 6.94. The number of nitrogens with two attached hydrogens (primary N) is 1. The SMILES string of the molecule is CCCCCOc1ccc(CN)c2ccccc12. The van der Waals surface area contributed by atoms with Crippen LogP contribution in [-0.4, -0.2) is 6.61 Å². The molecule has 0 amide bonds. The molecule has 0 atom stereocenters. The molecular weight excluding hydrogens is 222 g/mol. The third-order valence-corrected chi connectivity index (χ3v) is 3.20. The molecule has 0 aliphatic rings. The first kappa shape index (κ1) is 12.9. The summed E-state index contributed by atoms with van der Waals surface area (Å²) in [6.07, 6.45) is 3.55. The van der Waals surface area contributed by atoms with E-state index in [1.54, 1.807) is 0 Å². The fourth-order valence-electron chi connectivity index (χ4n) is 2.17. The lowest BCUT2D eigenvalue weighted by molar-refractivity contribution is 0.309. The minimum absolute atomic E-state index is 0.566. The highest BCUT2D eigenvalue weighted by molar-refractivity contribution is 5.91. The van der Waals surface area contributed by atoms with Crippen molar-refractivity contribution < 1.29 is 4.74 Å². The molecule has 0 aliphatic carbocycles. The van der Waals surface area contributed by atoms with Crippen LogP contribution in [-0.2, 0) is 6.54 Å². The standard InChI is InChI=1S/C16H21NO/c1-2-3-6-11-18-16-10-9-13(12-17)14-7-4-5-8-15(14)16/h4-5,7-10H,2-3,6,11-12,17H2,1H3. The molecule has 0 radical (unpaired) electrons. The summed E-state index contributed by atoms with van der Waals surface area (Å²) in [6.45, 7) is 3.56. The van der Waals surface area contributed by atoms with Crippen LogP contribution < -0.4 is 10.5 Å². The molecule has 2 aromatic rings. The van der Waals surface area contributed by atoms with Crippen molar-refractivity contribution in [1.82, 2.24) is 0 Å². The maximum absolute atomic E-state index is 5.88. The van der Waals surface area contributed by atoms with E-state index in [9.17, 15) is 0 Å². The van der Waals surface area contributed by atoms with Gasteiger partial charge in [-0.15, -0.1) is 0 Å². The molecule has 0 saturated heterocycles. The van der Waals surface area contributed by atoms with E-state index in [1.807, 2.05) is 18.2 Å². The number of unbranched alkanes of at least 4 members (excludes halogenated alkanes) is 2.